The lowest BCUT2D eigenvalue weighted by Gasteiger charge is -2.33. The lowest BCUT2D eigenvalue weighted by molar-refractivity contribution is -0.132. The van der Waals surface area contributed by atoms with E-state index in [1.54, 1.807) is 9.80 Å². The van der Waals surface area contributed by atoms with Crippen LogP contribution in [0.4, 0.5) is 4.79 Å². The molecule has 0 spiro atoms. The van der Waals surface area contributed by atoms with E-state index in [2.05, 4.69) is 9.97 Å². The number of rotatable bonds is 2. The number of fused-ring (bicyclic) bond motifs is 1. The van der Waals surface area contributed by atoms with Gasteiger partial charge in [-0.2, -0.15) is 0 Å². The molecule has 0 bridgehead atoms. The van der Waals surface area contributed by atoms with E-state index in [1.807, 2.05) is 25.1 Å². The first kappa shape index (κ1) is 15.3. The molecule has 2 aromatic rings. The van der Waals surface area contributed by atoms with Gasteiger partial charge < -0.3 is 19.5 Å². The Morgan fingerprint density at radius 1 is 1.22 bits per heavy atom. The number of aromatic amines is 1. The minimum Gasteiger partial charge on any atom is -0.453 e. The molecule has 1 fully saturated rings. The molecule has 0 unspecified atom stereocenters. The summed E-state index contributed by atoms with van der Waals surface area (Å²) in [5.41, 5.74) is 2.82. The molecule has 1 aliphatic rings. The molecule has 7 heteroatoms. The Morgan fingerprint density at radius 2 is 1.91 bits per heavy atom. The Balaban J connectivity index is 1.61. The number of carbonyl (C=O) groups excluding carboxylic acids is 2. The van der Waals surface area contributed by atoms with Crippen molar-refractivity contribution < 1.29 is 14.3 Å². The maximum Gasteiger partial charge on any atom is 0.409 e. The first-order valence-corrected chi connectivity index (χ1v) is 7.63. The Morgan fingerprint density at radius 3 is 2.61 bits per heavy atom. The number of hydrogen-bond acceptors (Lipinski definition) is 4. The van der Waals surface area contributed by atoms with Gasteiger partial charge in [-0.05, 0) is 24.6 Å². The summed E-state index contributed by atoms with van der Waals surface area (Å²) in [5.74, 6) is 0.938. The zero-order valence-corrected chi connectivity index (χ0v) is 13.3. The van der Waals surface area contributed by atoms with Crippen molar-refractivity contribution in [3.05, 3.63) is 29.6 Å². The van der Waals surface area contributed by atoms with Crippen LogP contribution >= 0.6 is 0 Å². The summed E-state index contributed by atoms with van der Waals surface area (Å²) in [5, 5.41) is 0. The minimum atomic E-state index is -0.336. The van der Waals surface area contributed by atoms with E-state index in [0.29, 0.717) is 32.6 Å². The largest absolute Gasteiger partial charge is 0.453 e. The molecule has 1 N–H and O–H groups in total. The predicted octanol–water partition coefficient (Wildman–Crippen LogP) is 1.32. The van der Waals surface area contributed by atoms with Crippen LogP contribution < -0.4 is 0 Å². The zero-order valence-electron chi connectivity index (χ0n) is 13.3. The molecular formula is C16H20N4O3. The summed E-state index contributed by atoms with van der Waals surface area (Å²) in [4.78, 5) is 34.8. The topological polar surface area (TPSA) is 78.5 Å². The third-order valence-corrected chi connectivity index (χ3v) is 4.09. The molecule has 0 radical (unpaired) electrons. The number of ether oxygens (including phenoxy) is 1. The third kappa shape index (κ3) is 3.28. The SMILES string of the molecule is COC(=O)N1CCN(C(=O)Cc2ccc3nc(C)[nH]c3c2)CC1. The lowest BCUT2D eigenvalue weighted by atomic mass is 10.1. The molecule has 1 saturated heterocycles. The first-order chi connectivity index (χ1) is 11.1. The predicted molar refractivity (Wildman–Crippen MR) is 85.1 cm³/mol. The number of aryl methyl sites for hydroxylation is 1. The highest BCUT2D eigenvalue weighted by molar-refractivity contribution is 5.82. The highest BCUT2D eigenvalue weighted by Crippen LogP contribution is 2.15. The number of nitrogens with zero attached hydrogens (tertiary/aromatic N) is 3. The number of amides is 2. The second-order valence-corrected chi connectivity index (χ2v) is 5.69. The van der Waals surface area contributed by atoms with Gasteiger partial charge in [0, 0.05) is 26.2 Å². The monoisotopic (exact) mass is 316 g/mol. The van der Waals surface area contributed by atoms with Gasteiger partial charge in [0.1, 0.15) is 5.82 Å². The standard InChI is InChI=1S/C16H20N4O3/c1-11-17-13-4-3-12(9-14(13)18-11)10-15(21)19-5-7-20(8-6-19)16(22)23-2/h3-4,9H,5-8,10H2,1-2H3,(H,17,18). The van der Waals surface area contributed by atoms with Crippen LogP contribution in [0.2, 0.25) is 0 Å². The number of methoxy groups -OCH3 is 1. The molecule has 2 heterocycles. The maximum atomic E-state index is 12.4. The van der Waals surface area contributed by atoms with Crippen LogP contribution in [0.3, 0.4) is 0 Å². The zero-order chi connectivity index (χ0) is 16.4. The molecule has 7 nitrogen and oxygen atoms in total. The van der Waals surface area contributed by atoms with Crippen LogP contribution in [0.15, 0.2) is 18.2 Å². The fraction of sp³-hybridized carbons (Fsp3) is 0.438. The Bertz CT molecular complexity index is 732. The van der Waals surface area contributed by atoms with Gasteiger partial charge in [0.25, 0.3) is 0 Å². The molecule has 1 aliphatic heterocycles. The number of H-pyrrole nitrogens is 1. The van der Waals surface area contributed by atoms with Crippen LogP contribution in [0, 0.1) is 6.92 Å². The number of benzene rings is 1. The maximum absolute atomic E-state index is 12.4. The molecule has 122 valence electrons. The van der Waals surface area contributed by atoms with Crippen LogP contribution in [-0.4, -0.2) is 65.1 Å². The minimum absolute atomic E-state index is 0.0742. The van der Waals surface area contributed by atoms with Crippen molar-refractivity contribution in [2.24, 2.45) is 0 Å². The summed E-state index contributed by atoms with van der Waals surface area (Å²) in [6, 6.07) is 5.83. The van der Waals surface area contributed by atoms with Gasteiger partial charge in [-0.1, -0.05) is 6.07 Å². The van der Waals surface area contributed by atoms with Gasteiger partial charge in [0.05, 0.1) is 24.6 Å². The van der Waals surface area contributed by atoms with E-state index in [0.717, 1.165) is 22.4 Å². The van der Waals surface area contributed by atoms with Crippen molar-refractivity contribution in [1.29, 1.82) is 0 Å². The van der Waals surface area contributed by atoms with Crippen LogP contribution in [0.1, 0.15) is 11.4 Å². The molecule has 23 heavy (non-hydrogen) atoms. The van der Waals surface area contributed by atoms with Crippen molar-refractivity contribution in [1.82, 2.24) is 19.8 Å². The molecule has 1 aromatic carbocycles. The molecule has 0 atom stereocenters. The van der Waals surface area contributed by atoms with Gasteiger partial charge >= 0.3 is 6.09 Å². The molecule has 0 saturated carbocycles. The quantitative estimate of drug-likeness (QED) is 0.906. The Labute approximate surface area is 134 Å². The smallest absolute Gasteiger partial charge is 0.409 e. The van der Waals surface area contributed by atoms with Crippen molar-refractivity contribution in [3.8, 4) is 0 Å². The van der Waals surface area contributed by atoms with E-state index in [1.165, 1.54) is 7.11 Å². The first-order valence-electron chi connectivity index (χ1n) is 7.63. The van der Waals surface area contributed by atoms with Crippen LogP contribution in [-0.2, 0) is 16.0 Å². The summed E-state index contributed by atoms with van der Waals surface area (Å²) in [6.45, 7) is 4.01. The van der Waals surface area contributed by atoms with Gasteiger partial charge in [0.15, 0.2) is 0 Å². The number of nitrogens with one attached hydrogen (secondary N) is 1. The molecule has 0 aliphatic carbocycles. The number of carbonyl (C=O) groups is 2. The molecule has 2 amide bonds. The van der Waals surface area contributed by atoms with E-state index < -0.39 is 0 Å². The number of aromatic nitrogens is 2. The average Bonchev–Trinajstić information content (AvgIpc) is 2.93. The highest BCUT2D eigenvalue weighted by Gasteiger charge is 2.24. The van der Waals surface area contributed by atoms with E-state index >= 15 is 0 Å². The molecule has 1 aromatic heterocycles. The fourth-order valence-corrected chi connectivity index (χ4v) is 2.85. The van der Waals surface area contributed by atoms with Crippen molar-refractivity contribution in [3.63, 3.8) is 0 Å². The number of piperazine rings is 1. The summed E-state index contributed by atoms with van der Waals surface area (Å²) in [7, 11) is 1.37. The highest BCUT2D eigenvalue weighted by atomic mass is 16.5. The van der Waals surface area contributed by atoms with Gasteiger partial charge in [-0.25, -0.2) is 9.78 Å². The summed E-state index contributed by atoms with van der Waals surface area (Å²) >= 11 is 0. The van der Waals surface area contributed by atoms with Crippen molar-refractivity contribution in [2.45, 2.75) is 13.3 Å². The second kappa shape index (κ2) is 6.28. The Kier molecular flexibility index (Phi) is 4.18. The second-order valence-electron chi connectivity index (χ2n) is 5.69. The molecular weight excluding hydrogens is 296 g/mol. The number of imidazole rings is 1. The van der Waals surface area contributed by atoms with Crippen LogP contribution in [0.25, 0.3) is 11.0 Å². The summed E-state index contributed by atoms with van der Waals surface area (Å²) in [6.07, 6.45) is 0.0174. The van der Waals surface area contributed by atoms with Gasteiger partial charge in [-0.3, -0.25) is 4.79 Å². The molecule has 3 rings (SSSR count). The average molecular weight is 316 g/mol. The Hall–Kier alpha value is -2.57. The van der Waals surface area contributed by atoms with Gasteiger partial charge in [0.2, 0.25) is 5.91 Å². The summed E-state index contributed by atoms with van der Waals surface area (Å²) < 4.78 is 4.70. The van der Waals surface area contributed by atoms with Crippen molar-refractivity contribution >= 4 is 23.0 Å². The van der Waals surface area contributed by atoms with Gasteiger partial charge in [-0.15, -0.1) is 0 Å². The van der Waals surface area contributed by atoms with E-state index in [9.17, 15) is 9.59 Å². The van der Waals surface area contributed by atoms with Crippen LogP contribution in [0.5, 0.6) is 0 Å². The lowest BCUT2D eigenvalue weighted by Crippen LogP contribution is -2.50. The van der Waals surface area contributed by atoms with Crippen molar-refractivity contribution in [2.75, 3.05) is 33.3 Å². The van der Waals surface area contributed by atoms with E-state index in [4.69, 9.17) is 4.74 Å². The third-order valence-electron chi connectivity index (χ3n) is 4.09. The fourth-order valence-electron chi connectivity index (χ4n) is 2.85. The number of hydrogen-bond donors (Lipinski definition) is 1. The normalized spacial score (nSPS) is 15.0. The van der Waals surface area contributed by atoms with E-state index in [-0.39, 0.29) is 12.0 Å².